The monoisotopic (exact) mass is 2060 g/mol. The number of carbonyl (C=O) groups is 10. The van der Waals surface area contributed by atoms with Gasteiger partial charge >= 0.3 is 54.4 Å². The van der Waals surface area contributed by atoms with E-state index in [2.05, 4.69) is 26.6 Å². The Kier molecular flexibility index (Phi) is 113. The largest absolute Gasteiger partial charge is 0.481 e. The number of carbonyl (C=O) groups excluding carboxylic acids is 8. The van der Waals surface area contributed by atoms with Crippen LogP contribution in [0.3, 0.4) is 0 Å². The van der Waals surface area contributed by atoms with Crippen molar-refractivity contribution in [1.82, 2.24) is 31.9 Å². The molecule has 764 valence electrons. The van der Waals surface area contributed by atoms with E-state index in [1.807, 2.05) is 46.9 Å². The highest BCUT2D eigenvalue weighted by Gasteiger charge is 2.19. The smallest absolute Gasteiger partial charge is 0.425 e. The highest BCUT2D eigenvalue weighted by molar-refractivity contribution is 7.87. The molecule has 0 saturated heterocycles. The molecule has 0 bridgehead atoms. The van der Waals surface area contributed by atoms with Gasteiger partial charge in [0.25, 0.3) is 60.7 Å². The molecule has 0 aliphatic rings. The van der Waals surface area contributed by atoms with Crippen LogP contribution in [0, 0.1) is 0 Å². The Labute approximate surface area is 747 Å². The third kappa shape index (κ3) is 205. The molecule has 0 saturated carbocycles. The molecular weight excluding hydrogens is 1930 g/mol. The maximum Gasteiger partial charge on any atom is 0.425 e. The minimum atomic E-state index is -4.18. The Morgan fingerprint density at radius 3 is 0.882 bits per heavy atom. The van der Waals surface area contributed by atoms with E-state index >= 15 is 0 Å². The molecule has 0 aliphatic carbocycles. The lowest BCUT2D eigenvalue weighted by Gasteiger charge is -2.08. The van der Waals surface area contributed by atoms with E-state index in [1.54, 1.807) is 41.8 Å². The maximum absolute atomic E-state index is 11.2. The van der Waals surface area contributed by atoms with E-state index in [0.29, 0.717) is 51.1 Å². The third-order valence-corrected chi connectivity index (χ3v) is 16.0. The standard InChI is InChI=1S/C8H15NO6S.C7H16N2O4S.C7H16N2O.C7H13NO6S.C6H14N2O4S.C6H14N2O.C5H12N2O4S.C5H12N2O.C4H11NO3S.C3H9N.CH4.4O3S/c9-6(3-4-8(11)12)7(10)2-1-5-16(13,14)15;1-6(8)2-3-7(10)9-4-5-14(11,12)13;1-3-6(8)4-5-7(10)9-2;8-5(1-2-7(10)11)6(9)3-4-15(12,13)14;1-2-5(7)6(9)8-3-4-13(10,11)12;1-3-8-6(9)4-5(2)7;1-4(6)2-5(8)7-3-12(9,10)11;1-3-4(6)5(8)7-2;1-4(5)2-3-9(6,7)8;1-3(2)4;;4*1-4(2)3/h6H,1-5,9H2,(H,11,12)(H,13,14,15);6H,2-5,8H2,1H3,(H,9,10)(H,11,12,13);6H,3-5,8H2,1-2H3,(H,9,10);5H,1-4,8H2,(H,10,11)(H,12,13,14);5H,2-4,7H2,1H3,(H,8,9)(H,10,11,12);5H,3-4,7H2,1-2H3,(H,8,9);4H,2-3,6H2,1H3,(H,7,8)(H,9,10,11);4H,3,6H2,1-2H3,(H,7,8);4H,2-3,5H2,1H3,(H,6,7,8);3H,4H2,1-2H3;1H4;;;;. The zero-order chi connectivity index (χ0) is 103. The first-order valence-electron chi connectivity index (χ1n) is 35.9. The van der Waals surface area contributed by atoms with Crippen molar-refractivity contribution < 1.29 is 186 Å². The van der Waals surface area contributed by atoms with Crippen LogP contribution in [0.2, 0.25) is 0 Å². The van der Waals surface area contributed by atoms with Gasteiger partial charge in [-0.15, -0.1) is 50.5 Å². The summed E-state index contributed by atoms with van der Waals surface area (Å²) in [7, 11) is -33.4. The molecule has 127 heavy (non-hydrogen) atoms. The second-order valence-corrected chi connectivity index (χ2v) is 35.9. The summed E-state index contributed by atoms with van der Waals surface area (Å²) >= 11 is 0. The fourth-order valence-corrected chi connectivity index (χ4v) is 8.45. The van der Waals surface area contributed by atoms with Gasteiger partial charge in [-0.3, -0.25) is 75.3 Å². The van der Waals surface area contributed by atoms with E-state index in [9.17, 15) is 98.5 Å². The minimum Gasteiger partial charge on any atom is -0.481 e. The number of carboxylic acid groups (broad SMARTS) is 2. The van der Waals surface area contributed by atoms with E-state index in [4.69, 9.17) is 145 Å². The number of Topliss-reactive ketones (excluding diaryl/α,β-unsaturated/α-hetero) is 2. The average molecular weight is 2060 g/mol. The zero-order valence-corrected chi connectivity index (χ0v) is 79.6. The third-order valence-electron chi connectivity index (χ3n) is 11.8. The summed E-state index contributed by atoms with van der Waals surface area (Å²) in [5.74, 6) is -7.39. The molecule has 0 aliphatic heterocycles. The molecule has 0 radical (unpaired) electrons. The van der Waals surface area contributed by atoms with Crippen LogP contribution in [0.4, 0.5) is 0 Å². The molecule has 0 aromatic heterocycles. The summed E-state index contributed by atoms with van der Waals surface area (Å²) in [6.45, 7) is 18.8. The maximum atomic E-state index is 11.2. The van der Waals surface area contributed by atoms with Gasteiger partial charge in [0.2, 0.25) is 35.4 Å². The number of carboxylic acids is 2. The first-order valence-corrected chi connectivity index (χ1v) is 49.6. The highest BCUT2D eigenvalue weighted by Crippen LogP contribution is 2.04. The quantitative estimate of drug-likeness (QED) is 0.0252. The van der Waals surface area contributed by atoms with Crippen LogP contribution in [-0.2, 0) is 151 Å². The second-order valence-electron chi connectivity index (χ2n) is 24.9. The molecule has 6 amide bonds. The second kappa shape index (κ2) is 93.3. The number of ketones is 2. The van der Waals surface area contributed by atoms with E-state index in [1.165, 1.54) is 0 Å². The summed E-state index contributed by atoms with van der Waals surface area (Å²) in [6.07, 6.45) is 4.07. The van der Waals surface area contributed by atoms with Gasteiger partial charge in [-0.25, -0.2) is 0 Å². The summed E-state index contributed by atoms with van der Waals surface area (Å²) < 4.78 is 274. The lowest BCUT2D eigenvalue weighted by atomic mass is 10.0. The molecule has 0 aromatic rings. The molecule has 0 fully saturated rings. The lowest BCUT2D eigenvalue weighted by molar-refractivity contribution is -0.138. The first-order chi connectivity index (χ1) is 56.6. The molecule has 68 heteroatoms. The Morgan fingerprint density at radius 2 is 0.630 bits per heavy atom. The molecule has 9 atom stereocenters. The molecule has 58 nitrogen and oxygen atoms in total. The molecule has 0 rings (SSSR count). The van der Waals surface area contributed by atoms with Crippen molar-refractivity contribution in [2.45, 2.75) is 246 Å². The molecular formula is C59H136N16O42S10. The number of nitrogens with two attached hydrogens (primary N) is 10. The Morgan fingerprint density at radius 1 is 0.323 bits per heavy atom. The van der Waals surface area contributed by atoms with Crippen molar-refractivity contribution >= 4 is 162 Å². The van der Waals surface area contributed by atoms with Crippen LogP contribution >= 0.6 is 0 Å². The van der Waals surface area contributed by atoms with Crippen molar-refractivity contribution in [3.8, 4) is 0 Å². The Balaban J connectivity index is -0.0000000835. The molecule has 34 N–H and O–H groups in total. The summed E-state index contributed by atoms with van der Waals surface area (Å²) in [5.41, 5.74) is 53.3. The highest BCUT2D eigenvalue weighted by atomic mass is 32.2. The first kappa shape index (κ1) is 154. The fourth-order valence-electron chi connectivity index (χ4n) is 5.74. The Bertz CT molecular complexity index is 4100. The molecule has 0 aromatic carbocycles. The fraction of sp³-hybridized carbons (Fsp3) is 0.831. The van der Waals surface area contributed by atoms with Crippen LogP contribution < -0.4 is 89.2 Å². The number of nitrogens with one attached hydrogen (secondary N) is 6. The summed E-state index contributed by atoms with van der Waals surface area (Å²) in [5, 5.41) is 31.0. The number of hydrogen-bond acceptors (Lipinski definition) is 44. The average Bonchev–Trinajstić information content (AvgIpc) is 0.956. The minimum absolute atomic E-state index is 0. The SMILES string of the molecule is C.CC(C)N.CC(N)CC(=O)NCS(=O)(=O)O.CC(N)CCC(=O)NCCS(=O)(=O)O.CC(N)CCS(=O)(=O)O.CCC(N)C(=O)NC.CCC(N)C(=O)NCCS(=O)(=O)O.CCC(N)CCC(=O)NC.CCNC(=O)CC(C)N.NC(CCC(=O)O)C(=O)CCCS(=O)(=O)O.NC(CCC(=O)O)C(=O)CCS(=O)(=O)O.O=S(=O)=O.O=S(=O)=O.O=S(=O)=O.O=S(=O)=O. The van der Waals surface area contributed by atoms with Crippen molar-refractivity contribution in [1.29, 1.82) is 0 Å². The number of hydrogen-bond donors (Lipinski definition) is 24. The Hall–Kier alpha value is -7.36. The van der Waals surface area contributed by atoms with Gasteiger partial charge < -0.3 is 99.5 Å². The van der Waals surface area contributed by atoms with Crippen LogP contribution in [0.15, 0.2) is 0 Å². The van der Waals surface area contributed by atoms with Gasteiger partial charge in [0.15, 0.2) is 5.78 Å². The molecule has 0 spiro atoms. The van der Waals surface area contributed by atoms with Gasteiger partial charge in [0, 0.05) is 115 Å². The van der Waals surface area contributed by atoms with Crippen LogP contribution in [-0.4, -0.2) is 326 Å². The molecule has 0 heterocycles. The number of amides is 6. The topological polar surface area (TPSA) is 1070 Å². The number of likely N-dealkylation sites (N-methyl/N-ethyl adjacent to an activating group) is 1. The zero-order valence-electron chi connectivity index (χ0n) is 71.5. The number of aliphatic carboxylic acids is 2. The number of rotatable bonds is 42. The van der Waals surface area contributed by atoms with Crippen LogP contribution in [0.5, 0.6) is 0 Å². The van der Waals surface area contributed by atoms with Gasteiger partial charge in [-0.1, -0.05) is 42.0 Å². The van der Waals surface area contributed by atoms with Crippen LogP contribution in [0.25, 0.3) is 0 Å². The van der Waals surface area contributed by atoms with E-state index < -0.39 is 192 Å². The van der Waals surface area contributed by atoms with Crippen LogP contribution in [0.1, 0.15) is 186 Å². The summed E-state index contributed by atoms with van der Waals surface area (Å²) in [4.78, 5) is 107. The predicted octanol–water partition coefficient (Wildman–Crippen LogP) is -8.86. The van der Waals surface area contributed by atoms with Crippen molar-refractivity contribution in [2.24, 2.45) is 57.3 Å². The predicted molar refractivity (Wildman–Crippen MR) is 460 cm³/mol. The van der Waals surface area contributed by atoms with Gasteiger partial charge in [0.05, 0.1) is 52.9 Å². The summed E-state index contributed by atoms with van der Waals surface area (Å²) in [6, 6.07) is -2.92. The van der Waals surface area contributed by atoms with Gasteiger partial charge in [-0.2, -0.15) is 50.5 Å². The normalized spacial score (nSPS) is 12.4. The van der Waals surface area contributed by atoms with Crippen molar-refractivity contribution in [3.05, 3.63) is 0 Å². The van der Waals surface area contributed by atoms with Gasteiger partial charge in [0.1, 0.15) is 11.7 Å². The van der Waals surface area contributed by atoms with E-state index in [0.717, 1.165) is 12.8 Å². The van der Waals surface area contributed by atoms with Crippen molar-refractivity contribution in [2.75, 3.05) is 68.4 Å². The van der Waals surface area contributed by atoms with Gasteiger partial charge in [-0.05, 0) is 98.4 Å². The molecule has 9 unspecified atom stereocenters. The lowest BCUT2D eigenvalue weighted by Crippen LogP contribution is -2.41. The van der Waals surface area contributed by atoms with E-state index in [-0.39, 0.29) is 138 Å². The van der Waals surface area contributed by atoms with Crippen molar-refractivity contribution in [3.63, 3.8) is 0 Å².